The fourth-order valence-corrected chi connectivity index (χ4v) is 2.87. The fourth-order valence-electron chi connectivity index (χ4n) is 2.87. The zero-order valence-electron chi connectivity index (χ0n) is 13.6. The molecule has 0 radical (unpaired) electrons. The van der Waals surface area contributed by atoms with E-state index in [1.165, 1.54) is 5.56 Å². The average molecular weight is 291 g/mol. The van der Waals surface area contributed by atoms with Crippen molar-refractivity contribution in [3.63, 3.8) is 0 Å². The van der Waals surface area contributed by atoms with Gasteiger partial charge in [0.05, 0.1) is 13.2 Å². The molecule has 2 atom stereocenters. The number of hydrogen-bond acceptors (Lipinski definition) is 3. The van der Waals surface area contributed by atoms with Crippen molar-refractivity contribution in [2.75, 3.05) is 7.11 Å². The molecule has 1 aliphatic rings. The first kappa shape index (κ1) is 15.7. The van der Waals surface area contributed by atoms with Crippen LogP contribution >= 0.6 is 0 Å². The first-order valence-corrected chi connectivity index (χ1v) is 7.60. The second kappa shape index (κ2) is 6.37. The van der Waals surface area contributed by atoms with Gasteiger partial charge in [-0.2, -0.15) is 0 Å². The van der Waals surface area contributed by atoms with E-state index >= 15 is 0 Å². The lowest BCUT2D eigenvalue weighted by molar-refractivity contribution is 0.104. The van der Waals surface area contributed by atoms with Crippen molar-refractivity contribution in [3.8, 4) is 5.75 Å². The number of cyclic esters (lactones) is 1. The van der Waals surface area contributed by atoms with Gasteiger partial charge in [-0.25, -0.2) is 4.79 Å². The molecule has 1 heterocycles. The summed E-state index contributed by atoms with van der Waals surface area (Å²) < 4.78 is 10.8. The van der Waals surface area contributed by atoms with E-state index in [4.69, 9.17) is 9.47 Å². The summed E-state index contributed by atoms with van der Waals surface area (Å²) in [5.74, 6) is 1.16. The number of carbonyl (C=O) groups is 1. The molecule has 0 aliphatic carbocycles. The third-order valence-corrected chi connectivity index (χ3v) is 4.12. The zero-order chi connectivity index (χ0) is 15.6. The molecule has 0 bridgehead atoms. The summed E-state index contributed by atoms with van der Waals surface area (Å²) in [6, 6.07) is 6.24. The van der Waals surface area contributed by atoms with Crippen LogP contribution in [0, 0.1) is 5.92 Å². The average Bonchev–Trinajstić information content (AvgIpc) is 2.75. The highest BCUT2D eigenvalue weighted by molar-refractivity contribution is 5.70. The summed E-state index contributed by atoms with van der Waals surface area (Å²) in [4.78, 5) is 13.9. The van der Waals surface area contributed by atoms with Crippen LogP contribution in [0.1, 0.15) is 38.8 Å². The summed E-state index contributed by atoms with van der Waals surface area (Å²) >= 11 is 0. The van der Waals surface area contributed by atoms with Gasteiger partial charge in [0.2, 0.25) is 0 Å². The van der Waals surface area contributed by atoms with Gasteiger partial charge in [0, 0.05) is 6.54 Å². The summed E-state index contributed by atoms with van der Waals surface area (Å²) in [5, 5.41) is 0. The standard InChI is InChI=1S/C17H25NO3/c1-6-13-7-14(9-15(8-13)20-5)10-18-12(4)16(11(2)3)21-17(18)19/h7-9,11-12,16H,6,10H2,1-5H3/t12-,16-/m1/s1. The molecule has 1 fully saturated rings. The Bertz CT molecular complexity index is 491. The van der Waals surface area contributed by atoms with Crippen LogP contribution in [0.25, 0.3) is 0 Å². The number of rotatable bonds is 5. The number of carbonyl (C=O) groups excluding carboxylic acids is 1. The second-order valence-corrected chi connectivity index (χ2v) is 6.00. The van der Waals surface area contributed by atoms with Crippen LogP contribution < -0.4 is 4.74 Å². The van der Waals surface area contributed by atoms with Crippen molar-refractivity contribution >= 4 is 6.09 Å². The van der Waals surface area contributed by atoms with E-state index in [2.05, 4.69) is 33.8 Å². The van der Waals surface area contributed by atoms with Crippen molar-refractivity contribution in [3.05, 3.63) is 29.3 Å². The molecule has 2 rings (SSSR count). The monoisotopic (exact) mass is 291 g/mol. The van der Waals surface area contributed by atoms with Gasteiger partial charge in [-0.05, 0) is 42.5 Å². The molecule has 0 N–H and O–H groups in total. The van der Waals surface area contributed by atoms with Crippen molar-refractivity contribution < 1.29 is 14.3 Å². The molecule has 0 aromatic heterocycles. The van der Waals surface area contributed by atoms with Gasteiger partial charge in [-0.15, -0.1) is 0 Å². The maximum absolute atomic E-state index is 12.1. The van der Waals surface area contributed by atoms with Crippen LogP contribution in [0.3, 0.4) is 0 Å². The molecule has 1 aromatic carbocycles. The van der Waals surface area contributed by atoms with Crippen molar-refractivity contribution in [2.24, 2.45) is 5.92 Å². The Balaban J connectivity index is 2.19. The topological polar surface area (TPSA) is 38.8 Å². The first-order chi connectivity index (χ1) is 9.96. The summed E-state index contributed by atoms with van der Waals surface area (Å²) in [6.45, 7) is 8.89. The van der Waals surface area contributed by atoms with Crippen molar-refractivity contribution in [2.45, 2.75) is 52.8 Å². The predicted octanol–water partition coefficient (Wildman–Crippen LogP) is 3.62. The van der Waals surface area contributed by atoms with Gasteiger partial charge in [-0.1, -0.05) is 26.8 Å². The van der Waals surface area contributed by atoms with E-state index in [0.29, 0.717) is 12.5 Å². The Labute approximate surface area is 127 Å². The Morgan fingerprint density at radius 1 is 1.29 bits per heavy atom. The van der Waals surface area contributed by atoms with E-state index < -0.39 is 0 Å². The quantitative estimate of drug-likeness (QED) is 0.831. The van der Waals surface area contributed by atoms with Crippen LogP contribution in [-0.2, 0) is 17.7 Å². The Hall–Kier alpha value is -1.71. The molecule has 1 amide bonds. The molecular weight excluding hydrogens is 266 g/mol. The van der Waals surface area contributed by atoms with E-state index in [1.807, 2.05) is 12.1 Å². The number of methoxy groups -OCH3 is 1. The van der Waals surface area contributed by atoms with E-state index in [-0.39, 0.29) is 18.2 Å². The highest BCUT2D eigenvalue weighted by Crippen LogP contribution is 2.27. The third kappa shape index (κ3) is 3.31. The normalized spacial score (nSPS) is 21.8. The maximum atomic E-state index is 12.1. The smallest absolute Gasteiger partial charge is 0.410 e. The Morgan fingerprint density at radius 2 is 1.95 bits per heavy atom. The molecule has 4 heteroatoms. The van der Waals surface area contributed by atoms with Gasteiger partial charge < -0.3 is 9.47 Å². The number of benzene rings is 1. The minimum Gasteiger partial charge on any atom is -0.497 e. The summed E-state index contributed by atoms with van der Waals surface area (Å²) in [5.41, 5.74) is 2.30. The van der Waals surface area contributed by atoms with Gasteiger partial charge in [0.25, 0.3) is 0 Å². The SMILES string of the molecule is CCc1cc(CN2C(=O)O[C@H](C(C)C)[C@H]2C)cc(OC)c1. The van der Waals surface area contributed by atoms with Gasteiger partial charge >= 0.3 is 6.09 Å². The van der Waals surface area contributed by atoms with Crippen LogP contribution in [0.5, 0.6) is 5.75 Å². The molecule has 1 aliphatic heterocycles. The number of nitrogens with zero attached hydrogens (tertiary/aromatic N) is 1. The van der Waals surface area contributed by atoms with Gasteiger partial charge in [0.15, 0.2) is 0 Å². The highest BCUT2D eigenvalue weighted by Gasteiger charge is 2.40. The molecule has 4 nitrogen and oxygen atoms in total. The lowest BCUT2D eigenvalue weighted by atomic mass is 10.0. The van der Waals surface area contributed by atoms with Gasteiger partial charge in [-0.3, -0.25) is 4.90 Å². The molecule has 116 valence electrons. The van der Waals surface area contributed by atoms with E-state index in [0.717, 1.165) is 17.7 Å². The number of ether oxygens (including phenoxy) is 2. The number of aryl methyl sites for hydroxylation is 1. The number of hydrogen-bond donors (Lipinski definition) is 0. The lowest BCUT2D eigenvalue weighted by Crippen LogP contribution is -2.35. The lowest BCUT2D eigenvalue weighted by Gasteiger charge is -2.23. The molecule has 1 aromatic rings. The first-order valence-electron chi connectivity index (χ1n) is 7.60. The minimum absolute atomic E-state index is 0.0336. The summed E-state index contributed by atoms with van der Waals surface area (Å²) in [7, 11) is 1.67. The molecule has 0 spiro atoms. The van der Waals surface area contributed by atoms with Crippen molar-refractivity contribution in [1.82, 2.24) is 4.90 Å². The van der Waals surface area contributed by atoms with Crippen molar-refractivity contribution in [1.29, 1.82) is 0 Å². The highest BCUT2D eigenvalue weighted by atomic mass is 16.6. The molecule has 0 saturated carbocycles. The summed E-state index contributed by atoms with van der Waals surface area (Å²) in [6.07, 6.45) is 0.689. The Kier molecular flexibility index (Phi) is 4.76. The number of amides is 1. The predicted molar refractivity (Wildman–Crippen MR) is 82.5 cm³/mol. The fraction of sp³-hybridized carbons (Fsp3) is 0.588. The third-order valence-electron chi connectivity index (χ3n) is 4.12. The molecule has 0 unspecified atom stereocenters. The molecule has 21 heavy (non-hydrogen) atoms. The zero-order valence-corrected chi connectivity index (χ0v) is 13.6. The largest absolute Gasteiger partial charge is 0.497 e. The van der Waals surface area contributed by atoms with E-state index in [9.17, 15) is 4.79 Å². The van der Waals surface area contributed by atoms with Crippen LogP contribution in [0.4, 0.5) is 4.79 Å². The second-order valence-electron chi connectivity index (χ2n) is 6.00. The maximum Gasteiger partial charge on any atom is 0.410 e. The van der Waals surface area contributed by atoms with Crippen LogP contribution in [0.15, 0.2) is 18.2 Å². The molecule has 1 saturated heterocycles. The Morgan fingerprint density at radius 3 is 2.48 bits per heavy atom. The molecular formula is C17H25NO3. The van der Waals surface area contributed by atoms with Gasteiger partial charge in [0.1, 0.15) is 11.9 Å². The van der Waals surface area contributed by atoms with E-state index in [1.54, 1.807) is 12.0 Å². The minimum atomic E-state index is -0.220. The van der Waals surface area contributed by atoms with Crippen LogP contribution in [-0.4, -0.2) is 30.2 Å². The van der Waals surface area contributed by atoms with Crippen LogP contribution in [0.2, 0.25) is 0 Å².